The zero-order chi connectivity index (χ0) is 20.9. The number of amides is 3. The van der Waals surface area contributed by atoms with Crippen molar-refractivity contribution in [2.24, 2.45) is 5.10 Å². The molecule has 10 heteroatoms. The molecule has 1 atom stereocenters. The third-order valence-corrected chi connectivity index (χ3v) is 5.25. The van der Waals surface area contributed by atoms with E-state index in [1.807, 2.05) is 30.3 Å². The zero-order valence-corrected chi connectivity index (χ0v) is 16.5. The number of carbonyl (C=O) groups excluding carboxylic acids is 3. The van der Waals surface area contributed by atoms with Gasteiger partial charge in [-0.05, 0) is 18.4 Å². The standard InChI is InChI=1S/C20H23N7O3/c28-18-9-8-16(22-24-18)20(30)27-10-4-7-15(27)12-26-13-17(23-25-26)19(29)21-11-14-5-2-1-3-6-14/h1-3,5-6,13,15H,4,7-12H2,(H,21,29)(H,24,28)/t15-/m0/s1. The Balaban J connectivity index is 1.35. The van der Waals surface area contributed by atoms with Crippen molar-refractivity contribution in [1.82, 2.24) is 30.6 Å². The van der Waals surface area contributed by atoms with Crippen LogP contribution in [0.25, 0.3) is 0 Å². The highest BCUT2D eigenvalue weighted by Crippen LogP contribution is 2.20. The van der Waals surface area contributed by atoms with Crippen LogP contribution < -0.4 is 10.7 Å². The molecule has 30 heavy (non-hydrogen) atoms. The minimum Gasteiger partial charge on any atom is -0.347 e. The molecule has 4 rings (SSSR count). The average Bonchev–Trinajstić information content (AvgIpc) is 3.43. The van der Waals surface area contributed by atoms with E-state index in [-0.39, 0.29) is 35.9 Å². The van der Waals surface area contributed by atoms with Crippen molar-refractivity contribution in [2.75, 3.05) is 6.54 Å². The molecule has 0 radical (unpaired) electrons. The van der Waals surface area contributed by atoms with Crippen molar-refractivity contribution in [3.8, 4) is 0 Å². The number of carbonyl (C=O) groups is 3. The number of rotatable bonds is 6. The third kappa shape index (κ3) is 4.53. The molecule has 1 fully saturated rings. The van der Waals surface area contributed by atoms with E-state index in [0.717, 1.165) is 18.4 Å². The molecule has 2 aromatic rings. The first-order valence-corrected chi connectivity index (χ1v) is 9.99. The van der Waals surface area contributed by atoms with Gasteiger partial charge < -0.3 is 10.2 Å². The molecule has 1 aromatic heterocycles. The zero-order valence-electron chi connectivity index (χ0n) is 16.5. The number of nitrogens with one attached hydrogen (secondary N) is 2. The highest BCUT2D eigenvalue weighted by atomic mass is 16.2. The monoisotopic (exact) mass is 409 g/mol. The summed E-state index contributed by atoms with van der Waals surface area (Å²) in [5.74, 6) is -0.625. The number of aromatic nitrogens is 3. The summed E-state index contributed by atoms with van der Waals surface area (Å²) in [6.45, 7) is 1.50. The lowest BCUT2D eigenvalue weighted by molar-refractivity contribution is -0.125. The fourth-order valence-electron chi connectivity index (χ4n) is 3.66. The molecule has 0 saturated carbocycles. The molecule has 1 aromatic carbocycles. The van der Waals surface area contributed by atoms with Gasteiger partial charge in [-0.15, -0.1) is 5.10 Å². The molecule has 0 spiro atoms. The minimum atomic E-state index is -0.295. The smallest absolute Gasteiger partial charge is 0.273 e. The third-order valence-electron chi connectivity index (χ3n) is 5.25. The van der Waals surface area contributed by atoms with E-state index in [0.29, 0.717) is 31.8 Å². The highest BCUT2D eigenvalue weighted by Gasteiger charge is 2.33. The minimum absolute atomic E-state index is 0.0558. The number of benzene rings is 1. The van der Waals surface area contributed by atoms with Gasteiger partial charge in [-0.2, -0.15) is 5.10 Å². The molecular weight excluding hydrogens is 386 g/mol. The van der Waals surface area contributed by atoms with E-state index in [4.69, 9.17) is 0 Å². The van der Waals surface area contributed by atoms with Crippen LogP contribution in [0.4, 0.5) is 0 Å². The van der Waals surface area contributed by atoms with Crippen molar-refractivity contribution < 1.29 is 14.4 Å². The maximum absolute atomic E-state index is 12.8. The molecule has 10 nitrogen and oxygen atoms in total. The Kier molecular flexibility index (Phi) is 5.82. The molecule has 156 valence electrons. The second-order valence-electron chi connectivity index (χ2n) is 7.38. The number of likely N-dealkylation sites (tertiary alicyclic amines) is 1. The molecule has 3 heterocycles. The van der Waals surface area contributed by atoms with Crippen LogP contribution in [0.1, 0.15) is 41.7 Å². The summed E-state index contributed by atoms with van der Waals surface area (Å²) in [5.41, 5.74) is 3.98. The summed E-state index contributed by atoms with van der Waals surface area (Å²) in [6.07, 6.45) is 3.94. The van der Waals surface area contributed by atoms with Gasteiger partial charge in [0.25, 0.3) is 11.8 Å². The van der Waals surface area contributed by atoms with Crippen molar-refractivity contribution in [3.63, 3.8) is 0 Å². The Morgan fingerprint density at radius 1 is 1.20 bits per heavy atom. The molecule has 1 saturated heterocycles. The van der Waals surface area contributed by atoms with Crippen LogP contribution in [0.15, 0.2) is 41.6 Å². The van der Waals surface area contributed by atoms with Crippen LogP contribution in [0, 0.1) is 0 Å². The Morgan fingerprint density at radius 3 is 2.80 bits per heavy atom. The van der Waals surface area contributed by atoms with E-state index in [1.54, 1.807) is 15.8 Å². The first-order chi connectivity index (χ1) is 14.6. The van der Waals surface area contributed by atoms with Gasteiger partial charge in [0.15, 0.2) is 5.69 Å². The van der Waals surface area contributed by atoms with Crippen molar-refractivity contribution in [3.05, 3.63) is 47.8 Å². The molecule has 2 aliphatic heterocycles. The summed E-state index contributed by atoms with van der Waals surface area (Å²) in [6, 6.07) is 9.57. The van der Waals surface area contributed by atoms with Gasteiger partial charge in [0.1, 0.15) is 5.71 Å². The van der Waals surface area contributed by atoms with Gasteiger partial charge in [0.05, 0.1) is 18.8 Å². The summed E-state index contributed by atoms with van der Waals surface area (Å²) in [5, 5.41) is 14.8. The lowest BCUT2D eigenvalue weighted by Crippen LogP contribution is -2.44. The second kappa shape index (κ2) is 8.85. The molecule has 3 amide bonds. The summed E-state index contributed by atoms with van der Waals surface area (Å²) >= 11 is 0. The quantitative estimate of drug-likeness (QED) is 0.718. The van der Waals surface area contributed by atoms with Crippen LogP contribution in [0.5, 0.6) is 0 Å². The van der Waals surface area contributed by atoms with Crippen molar-refractivity contribution >= 4 is 23.4 Å². The van der Waals surface area contributed by atoms with Crippen LogP contribution in [0.2, 0.25) is 0 Å². The summed E-state index contributed by atoms with van der Waals surface area (Å²) < 4.78 is 1.60. The van der Waals surface area contributed by atoms with Crippen LogP contribution in [0.3, 0.4) is 0 Å². The average molecular weight is 409 g/mol. The summed E-state index contributed by atoms with van der Waals surface area (Å²) in [7, 11) is 0. The predicted octanol–water partition coefficient (Wildman–Crippen LogP) is 0.465. The Hall–Kier alpha value is -3.56. The van der Waals surface area contributed by atoms with Gasteiger partial charge in [-0.1, -0.05) is 35.5 Å². The van der Waals surface area contributed by atoms with Crippen LogP contribution in [-0.4, -0.2) is 55.9 Å². The van der Waals surface area contributed by atoms with E-state index in [1.165, 1.54) is 0 Å². The van der Waals surface area contributed by atoms with E-state index in [2.05, 4.69) is 26.2 Å². The first-order valence-electron chi connectivity index (χ1n) is 9.99. The van der Waals surface area contributed by atoms with Crippen molar-refractivity contribution in [1.29, 1.82) is 0 Å². The fraction of sp³-hybridized carbons (Fsp3) is 0.400. The SMILES string of the molecule is O=C1CCC(C(=O)N2CCC[C@H]2Cn2cc(C(=O)NCc3ccccc3)nn2)=NN1. The lowest BCUT2D eigenvalue weighted by Gasteiger charge is -2.25. The van der Waals surface area contributed by atoms with E-state index < -0.39 is 0 Å². The van der Waals surface area contributed by atoms with Gasteiger partial charge in [0, 0.05) is 25.9 Å². The molecule has 2 N–H and O–H groups in total. The first kappa shape index (κ1) is 19.7. The van der Waals surface area contributed by atoms with Gasteiger partial charge in [-0.25, -0.2) is 10.1 Å². The van der Waals surface area contributed by atoms with Gasteiger partial charge in [0.2, 0.25) is 5.91 Å². The molecule has 2 aliphatic rings. The summed E-state index contributed by atoms with van der Waals surface area (Å²) in [4.78, 5) is 38.1. The maximum Gasteiger partial charge on any atom is 0.273 e. The Labute approximate surface area is 173 Å². The van der Waals surface area contributed by atoms with E-state index >= 15 is 0 Å². The largest absolute Gasteiger partial charge is 0.347 e. The van der Waals surface area contributed by atoms with Crippen LogP contribution in [-0.2, 0) is 22.7 Å². The topological polar surface area (TPSA) is 122 Å². The molecular formula is C20H23N7O3. The maximum atomic E-state index is 12.8. The predicted molar refractivity (Wildman–Crippen MR) is 107 cm³/mol. The Bertz CT molecular complexity index is 970. The number of hydrazone groups is 1. The highest BCUT2D eigenvalue weighted by molar-refractivity contribution is 6.39. The second-order valence-corrected chi connectivity index (χ2v) is 7.38. The van der Waals surface area contributed by atoms with Gasteiger partial charge >= 0.3 is 0 Å². The lowest BCUT2D eigenvalue weighted by atomic mass is 10.1. The number of nitrogens with zero attached hydrogens (tertiary/aromatic N) is 5. The molecule has 0 aliphatic carbocycles. The Morgan fingerprint density at radius 2 is 2.03 bits per heavy atom. The van der Waals surface area contributed by atoms with E-state index in [9.17, 15) is 14.4 Å². The number of hydrogen-bond donors (Lipinski definition) is 2. The van der Waals surface area contributed by atoms with Crippen LogP contribution >= 0.6 is 0 Å². The molecule has 0 bridgehead atoms. The number of hydrogen-bond acceptors (Lipinski definition) is 6. The fourth-order valence-corrected chi connectivity index (χ4v) is 3.66. The molecule has 0 unspecified atom stereocenters. The van der Waals surface area contributed by atoms with Gasteiger partial charge in [-0.3, -0.25) is 14.4 Å². The normalized spacial score (nSPS) is 18.7. The van der Waals surface area contributed by atoms with Crippen molar-refractivity contribution in [2.45, 2.75) is 44.8 Å².